The molecule has 1 heterocycles. The maximum Gasteiger partial charge on any atom is 0.335 e. The highest BCUT2D eigenvalue weighted by Gasteiger charge is 2.17. The molecule has 5 rings (SSSR count). The van der Waals surface area contributed by atoms with Crippen LogP contribution < -0.4 is 22.1 Å². The Hall–Kier alpha value is -5.71. The number of hydrogen-bond acceptors (Lipinski definition) is 6. The number of nitrogens with one attached hydrogen (secondary N) is 1. The first-order valence-corrected chi connectivity index (χ1v) is 12.3. The molecule has 3 aromatic carbocycles. The zero-order valence-corrected chi connectivity index (χ0v) is 21.2. The minimum absolute atomic E-state index is 0.0242. The molecular formula is C29H25N7O4. The molecule has 0 unspecified atom stereocenters. The molecule has 0 atom stereocenters. The number of aromatic nitrogens is 2. The second-order valence-corrected chi connectivity index (χ2v) is 8.84. The number of carboxylic acids is 2. The van der Waals surface area contributed by atoms with Crippen molar-refractivity contribution in [3.8, 4) is 17.1 Å². The van der Waals surface area contributed by atoms with Crippen LogP contribution in [-0.2, 0) is 0 Å². The van der Waals surface area contributed by atoms with Crippen LogP contribution in [0.5, 0.6) is 0 Å². The second-order valence-electron chi connectivity index (χ2n) is 8.84. The molecule has 1 aliphatic heterocycles. The summed E-state index contributed by atoms with van der Waals surface area (Å²) >= 11 is 0. The van der Waals surface area contributed by atoms with Crippen LogP contribution in [-0.4, -0.2) is 50.8 Å². The third kappa shape index (κ3) is 5.43. The van der Waals surface area contributed by atoms with Crippen molar-refractivity contribution < 1.29 is 19.8 Å². The van der Waals surface area contributed by atoms with E-state index < -0.39 is 11.9 Å². The minimum Gasteiger partial charge on any atom is -0.478 e. The maximum absolute atomic E-state index is 11.4. The van der Waals surface area contributed by atoms with Gasteiger partial charge in [0.05, 0.1) is 57.7 Å². The van der Waals surface area contributed by atoms with Crippen molar-refractivity contribution >= 4 is 40.3 Å². The smallest absolute Gasteiger partial charge is 0.335 e. The van der Waals surface area contributed by atoms with Crippen molar-refractivity contribution in [3.63, 3.8) is 0 Å². The molecule has 1 aliphatic carbocycles. The highest BCUT2D eigenvalue weighted by Crippen LogP contribution is 2.30. The lowest BCUT2D eigenvalue weighted by Gasteiger charge is -2.20. The van der Waals surface area contributed by atoms with E-state index in [1.54, 1.807) is 36.4 Å². The number of carbonyl (C=O) groups is 2. The number of aliphatic imine (C=N–C) groups is 1. The van der Waals surface area contributed by atoms with Gasteiger partial charge in [0.25, 0.3) is 0 Å². The first-order valence-electron chi connectivity index (χ1n) is 12.3. The van der Waals surface area contributed by atoms with Crippen LogP contribution in [0.15, 0.2) is 94.9 Å². The molecule has 40 heavy (non-hydrogen) atoms. The minimum atomic E-state index is -1.01. The van der Waals surface area contributed by atoms with Crippen LogP contribution in [0.1, 0.15) is 20.7 Å². The number of aromatic carboxylic acids is 2. The van der Waals surface area contributed by atoms with Gasteiger partial charge in [-0.1, -0.05) is 12.1 Å². The number of carboxylic acid groups (broad SMARTS) is 2. The summed E-state index contributed by atoms with van der Waals surface area (Å²) in [6, 6.07) is 24.4. The highest BCUT2D eigenvalue weighted by atomic mass is 16.4. The van der Waals surface area contributed by atoms with E-state index in [0.717, 1.165) is 22.4 Å². The Kier molecular flexibility index (Phi) is 7.10. The fourth-order valence-corrected chi connectivity index (χ4v) is 4.31. The number of hydrogen-bond donors (Lipinski definition) is 5. The number of fused-ring (bicyclic) bond motifs is 2. The third-order valence-corrected chi connectivity index (χ3v) is 6.16. The summed E-state index contributed by atoms with van der Waals surface area (Å²) in [5.41, 5.74) is 16.3. The van der Waals surface area contributed by atoms with E-state index in [1.807, 2.05) is 41.0 Å². The van der Waals surface area contributed by atoms with Gasteiger partial charge in [-0.2, -0.15) is 0 Å². The number of benzene rings is 4. The fraction of sp³-hybridized carbons (Fsp3) is 0.0690. The van der Waals surface area contributed by atoms with Crippen LogP contribution >= 0.6 is 0 Å². The van der Waals surface area contributed by atoms with Crippen LogP contribution in [0, 0.1) is 0 Å². The van der Waals surface area contributed by atoms with Crippen molar-refractivity contribution in [3.05, 3.63) is 101 Å². The molecule has 3 aromatic rings. The Morgan fingerprint density at radius 3 is 2.15 bits per heavy atom. The van der Waals surface area contributed by atoms with Gasteiger partial charge in [0.1, 0.15) is 0 Å². The molecule has 0 aromatic heterocycles. The Balaban J connectivity index is 1.71. The molecule has 2 aliphatic rings. The molecule has 0 saturated heterocycles. The summed E-state index contributed by atoms with van der Waals surface area (Å²) in [5, 5.41) is 22.5. The van der Waals surface area contributed by atoms with E-state index in [9.17, 15) is 19.8 Å². The van der Waals surface area contributed by atoms with E-state index in [0.29, 0.717) is 35.5 Å². The molecule has 11 heteroatoms. The lowest BCUT2D eigenvalue weighted by Crippen LogP contribution is -2.23. The van der Waals surface area contributed by atoms with Crippen LogP contribution in [0.25, 0.3) is 28.1 Å². The summed E-state index contributed by atoms with van der Waals surface area (Å²) in [7, 11) is 0. The third-order valence-electron chi connectivity index (χ3n) is 6.16. The Labute approximate surface area is 228 Å². The van der Waals surface area contributed by atoms with Crippen molar-refractivity contribution in [1.82, 2.24) is 9.55 Å². The highest BCUT2D eigenvalue weighted by molar-refractivity contribution is 5.89. The van der Waals surface area contributed by atoms with E-state index in [1.165, 1.54) is 12.1 Å². The first kappa shape index (κ1) is 25.9. The van der Waals surface area contributed by atoms with E-state index in [-0.39, 0.29) is 17.1 Å². The monoisotopic (exact) mass is 535 g/mol. The molecule has 0 radical (unpaired) electrons. The molecule has 0 saturated carbocycles. The van der Waals surface area contributed by atoms with Gasteiger partial charge in [0.15, 0.2) is 5.96 Å². The zero-order chi connectivity index (χ0) is 28.2. The Morgan fingerprint density at radius 2 is 1.50 bits per heavy atom. The average molecular weight is 536 g/mol. The number of para-hydroxylation sites is 2. The average Bonchev–Trinajstić information content (AvgIpc) is 2.94. The number of anilines is 2. The van der Waals surface area contributed by atoms with Gasteiger partial charge in [-0.05, 0) is 72.8 Å². The van der Waals surface area contributed by atoms with Gasteiger partial charge in [-0.25, -0.2) is 14.6 Å². The fourth-order valence-electron chi connectivity index (χ4n) is 4.31. The lowest BCUT2D eigenvalue weighted by molar-refractivity contribution is 0.0686. The lowest BCUT2D eigenvalue weighted by atomic mass is 10.1. The quantitative estimate of drug-likeness (QED) is 0.0866. The summed E-state index contributed by atoms with van der Waals surface area (Å²) < 4.78 is 2.00. The summed E-state index contributed by atoms with van der Waals surface area (Å²) in [5.74, 6) is -2.04. The number of nitrogens with two attached hydrogens (primary N) is 2. The summed E-state index contributed by atoms with van der Waals surface area (Å²) in [4.78, 5) is 36.3. The molecule has 0 amide bonds. The second kappa shape index (κ2) is 11.0. The molecule has 0 bridgehead atoms. The summed E-state index contributed by atoms with van der Waals surface area (Å²) in [6.45, 7) is 0.601. The molecule has 200 valence electrons. The predicted octanol–water partition coefficient (Wildman–Crippen LogP) is 3.44. The van der Waals surface area contributed by atoms with Gasteiger partial charge < -0.3 is 31.6 Å². The van der Waals surface area contributed by atoms with Crippen molar-refractivity contribution in [2.75, 3.05) is 18.4 Å². The van der Waals surface area contributed by atoms with E-state index in [4.69, 9.17) is 21.4 Å². The maximum atomic E-state index is 11.4. The number of guanidine groups is 1. The summed E-state index contributed by atoms with van der Waals surface area (Å²) in [6.07, 6.45) is 0. The van der Waals surface area contributed by atoms with Gasteiger partial charge >= 0.3 is 11.9 Å². The predicted molar refractivity (Wildman–Crippen MR) is 152 cm³/mol. The molecule has 0 fully saturated rings. The largest absolute Gasteiger partial charge is 0.478 e. The van der Waals surface area contributed by atoms with E-state index in [2.05, 4.69) is 10.3 Å². The van der Waals surface area contributed by atoms with Gasteiger partial charge in [-0.3, -0.25) is 9.98 Å². The van der Waals surface area contributed by atoms with Crippen LogP contribution in [0.3, 0.4) is 0 Å². The van der Waals surface area contributed by atoms with Crippen LogP contribution in [0.2, 0.25) is 0 Å². The molecule has 0 spiro atoms. The number of rotatable bonds is 8. The van der Waals surface area contributed by atoms with Crippen LogP contribution in [0.4, 0.5) is 11.4 Å². The Morgan fingerprint density at radius 1 is 0.850 bits per heavy atom. The number of nitrogens with zero attached hydrogens (tertiary/aromatic N) is 4. The molecular weight excluding hydrogens is 510 g/mol. The van der Waals surface area contributed by atoms with Crippen molar-refractivity contribution in [2.24, 2.45) is 21.5 Å². The van der Waals surface area contributed by atoms with Gasteiger partial charge in [0.2, 0.25) is 0 Å². The Bertz CT molecular complexity index is 1790. The van der Waals surface area contributed by atoms with Gasteiger partial charge in [-0.15, -0.1) is 0 Å². The normalized spacial score (nSPS) is 11.4. The first-order chi connectivity index (χ1) is 19.3. The topological polar surface area (TPSA) is 181 Å². The van der Waals surface area contributed by atoms with E-state index >= 15 is 0 Å². The standard InChI is InChI=1S/C29H25N7O4/c30-29(31)33-14-13-32-22-16-26-24(15-23(22)34-19-9-5-17(6-10-19)27(37)38)35-21-3-1-2-4-25(21)36(26)20-11-7-18(8-12-20)28(39)40/h1-12,15-16,34H,13-14H2,(H,37,38)(H,39,40)(H4,30,31,33). The van der Waals surface area contributed by atoms with Crippen molar-refractivity contribution in [1.29, 1.82) is 0 Å². The SMILES string of the molecule is NC(N)=NCCN=c1cc2n(-c3ccc(C(=O)O)cc3)c3ccccc3nc-2cc1Nc1ccc(C(=O)O)cc1. The molecule has 7 N–H and O–H groups in total. The molecule has 11 nitrogen and oxygen atoms in total. The zero-order valence-electron chi connectivity index (χ0n) is 21.2. The van der Waals surface area contributed by atoms with Gasteiger partial charge in [0, 0.05) is 11.4 Å². The van der Waals surface area contributed by atoms with Crippen molar-refractivity contribution in [2.45, 2.75) is 0 Å².